The summed E-state index contributed by atoms with van der Waals surface area (Å²) in [4.78, 5) is 40.4. The average molecular weight is 278 g/mol. The molecule has 0 aromatic carbocycles. The summed E-state index contributed by atoms with van der Waals surface area (Å²) in [7, 11) is 1.30. The van der Waals surface area contributed by atoms with Crippen LogP contribution in [0.2, 0.25) is 0 Å². The number of H-pyrrole nitrogens is 1. The molecule has 1 unspecified atom stereocenters. The summed E-state index contributed by atoms with van der Waals surface area (Å²) in [6, 6.07) is 0.784. The number of aryl methyl sites for hydroxylation is 1. The lowest BCUT2D eigenvalue weighted by atomic mass is 10.0. The van der Waals surface area contributed by atoms with E-state index in [1.54, 1.807) is 6.92 Å². The zero-order valence-corrected chi connectivity index (χ0v) is 11.6. The maximum atomic E-state index is 12.5. The van der Waals surface area contributed by atoms with Crippen LogP contribution in [0.15, 0.2) is 17.1 Å². The van der Waals surface area contributed by atoms with Crippen molar-refractivity contribution in [3.8, 4) is 0 Å². The van der Waals surface area contributed by atoms with Gasteiger partial charge in [0.25, 0.3) is 5.91 Å². The third-order valence-electron chi connectivity index (χ3n) is 3.52. The van der Waals surface area contributed by atoms with Crippen molar-refractivity contribution in [3.05, 3.63) is 33.7 Å². The van der Waals surface area contributed by atoms with Gasteiger partial charge in [-0.1, -0.05) is 0 Å². The van der Waals surface area contributed by atoms with Crippen molar-refractivity contribution in [3.63, 3.8) is 0 Å². The standard InChI is InChI=1S/C14H18N2O4/c1-9-7-12(17)10(8-15-9)13(18)16-6-4-3-5-11(16)14(19)20-2/h7-8,11H,3-6H2,1-2H3,(H,15,17). The molecule has 1 aliphatic rings. The predicted molar refractivity (Wildman–Crippen MR) is 72.5 cm³/mol. The Kier molecular flexibility index (Phi) is 4.22. The Hall–Kier alpha value is -2.11. The average Bonchev–Trinajstić information content (AvgIpc) is 2.46. The van der Waals surface area contributed by atoms with E-state index in [2.05, 4.69) is 4.98 Å². The van der Waals surface area contributed by atoms with Gasteiger partial charge in [0.15, 0.2) is 5.43 Å². The van der Waals surface area contributed by atoms with Crippen LogP contribution >= 0.6 is 0 Å². The summed E-state index contributed by atoms with van der Waals surface area (Å²) in [6.07, 6.45) is 3.67. The van der Waals surface area contributed by atoms with Gasteiger partial charge in [0.05, 0.1) is 7.11 Å². The maximum absolute atomic E-state index is 12.5. The van der Waals surface area contributed by atoms with Gasteiger partial charge < -0.3 is 14.6 Å². The fourth-order valence-electron chi connectivity index (χ4n) is 2.45. The maximum Gasteiger partial charge on any atom is 0.328 e. The summed E-state index contributed by atoms with van der Waals surface area (Å²) in [5.74, 6) is -0.844. The van der Waals surface area contributed by atoms with E-state index in [9.17, 15) is 14.4 Å². The number of aromatic nitrogens is 1. The molecule has 1 saturated heterocycles. The monoisotopic (exact) mass is 278 g/mol. The van der Waals surface area contributed by atoms with Crippen LogP contribution in [0, 0.1) is 6.92 Å². The molecule has 1 aromatic rings. The molecule has 1 aromatic heterocycles. The first-order valence-electron chi connectivity index (χ1n) is 6.62. The number of ether oxygens (including phenoxy) is 1. The molecule has 1 fully saturated rings. The van der Waals surface area contributed by atoms with Crippen LogP contribution in [0.4, 0.5) is 0 Å². The van der Waals surface area contributed by atoms with Crippen LogP contribution in [0.3, 0.4) is 0 Å². The highest BCUT2D eigenvalue weighted by molar-refractivity contribution is 5.96. The van der Waals surface area contributed by atoms with Gasteiger partial charge in [0.2, 0.25) is 0 Å². The molecule has 6 heteroatoms. The minimum atomic E-state index is -0.595. The highest BCUT2D eigenvalue weighted by atomic mass is 16.5. The normalized spacial score (nSPS) is 18.7. The predicted octanol–water partition coefficient (Wildman–Crippen LogP) is 0.851. The zero-order chi connectivity index (χ0) is 14.7. The smallest absolute Gasteiger partial charge is 0.328 e. The highest BCUT2D eigenvalue weighted by Gasteiger charge is 2.34. The van der Waals surface area contributed by atoms with Gasteiger partial charge in [0, 0.05) is 24.5 Å². The van der Waals surface area contributed by atoms with E-state index in [4.69, 9.17) is 4.74 Å². The number of esters is 1. The largest absolute Gasteiger partial charge is 0.467 e. The number of nitrogens with zero attached hydrogens (tertiary/aromatic N) is 1. The number of rotatable bonds is 2. The van der Waals surface area contributed by atoms with E-state index in [0.29, 0.717) is 18.7 Å². The van der Waals surface area contributed by atoms with E-state index in [1.165, 1.54) is 24.3 Å². The number of pyridine rings is 1. The van der Waals surface area contributed by atoms with Crippen LogP contribution in [0.5, 0.6) is 0 Å². The molecule has 1 N–H and O–H groups in total. The Labute approximate surface area is 116 Å². The second-order valence-electron chi connectivity index (χ2n) is 4.93. The Balaban J connectivity index is 2.30. The Morgan fingerprint density at radius 3 is 2.80 bits per heavy atom. The van der Waals surface area contributed by atoms with E-state index < -0.39 is 17.9 Å². The number of carbonyl (C=O) groups is 2. The van der Waals surface area contributed by atoms with Gasteiger partial charge in [-0.2, -0.15) is 0 Å². The minimum Gasteiger partial charge on any atom is -0.467 e. The number of amides is 1. The van der Waals surface area contributed by atoms with E-state index in [1.807, 2.05) is 0 Å². The minimum absolute atomic E-state index is 0.0615. The van der Waals surface area contributed by atoms with E-state index in [0.717, 1.165) is 12.8 Å². The van der Waals surface area contributed by atoms with Gasteiger partial charge in [-0.25, -0.2) is 4.79 Å². The molecule has 0 spiro atoms. The molecule has 1 amide bonds. The zero-order valence-electron chi connectivity index (χ0n) is 11.6. The number of likely N-dealkylation sites (tertiary alicyclic amines) is 1. The Bertz CT molecular complexity index is 579. The Morgan fingerprint density at radius 2 is 2.15 bits per heavy atom. The quantitative estimate of drug-likeness (QED) is 0.813. The second kappa shape index (κ2) is 5.90. The highest BCUT2D eigenvalue weighted by Crippen LogP contribution is 2.19. The summed E-state index contributed by atoms with van der Waals surface area (Å²) >= 11 is 0. The topological polar surface area (TPSA) is 79.5 Å². The summed E-state index contributed by atoms with van der Waals surface area (Å²) in [6.45, 7) is 2.21. The van der Waals surface area contributed by atoms with Crippen molar-refractivity contribution in [2.24, 2.45) is 0 Å². The lowest BCUT2D eigenvalue weighted by molar-refractivity contribution is -0.147. The third kappa shape index (κ3) is 2.74. The van der Waals surface area contributed by atoms with Gasteiger partial charge in [-0.15, -0.1) is 0 Å². The van der Waals surface area contributed by atoms with Crippen molar-refractivity contribution in [2.45, 2.75) is 32.2 Å². The molecule has 20 heavy (non-hydrogen) atoms. The van der Waals surface area contributed by atoms with Crippen LogP contribution in [-0.4, -0.2) is 41.5 Å². The molecule has 1 aliphatic heterocycles. The van der Waals surface area contributed by atoms with Crippen molar-refractivity contribution in [2.75, 3.05) is 13.7 Å². The van der Waals surface area contributed by atoms with Crippen LogP contribution in [-0.2, 0) is 9.53 Å². The molecule has 6 nitrogen and oxygen atoms in total. The number of carbonyl (C=O) groups excluding carboxylic acids is 2. The number of nitrogens with one attached hydrogen (secondary N) is 1. The lowest BCUT2D eigenvalue weighted by Gasteiger charge is -2.33. The van der Waals surface area contributed by atoms with Crippen molar-refractivity contribution in [1.29, 1.82) is 0 Å². The number of hydrogen-bond donors (Lipinski definition) is 1. The molecule has 0 radical (unpaired) electrons. The van der Waals surface area contributed by atoms with Crippen molar-refractivity contribution < 1.29 is 14.3 Å². The fraction of sp³-hybridized carbons (Fsp3) is 0.500. The van der Waals surface area contributed by atoms with Crippen LogP contribution < -0.4 is 5.43 Å². The number of aromatic amines is 1. The molecule has 1 atom stereocenters. The second-order valence-corrected chi connectivity index (χ2v) is 4.93. The van der Waals surface area contributed by atoms with Crippen molar-refractivity contribution in [1.82, 2.24) is 9.88 Å². The lowest BCUT2D eigenvalue weighted by Crippen LogP contribution is -2.49. The SMILES string of the molecule is COC(=O)C1CCCCN1C(=O)c1c[nH]c(C)cc1=O. The van der Waals surface area contributed by atoms with Gasteiger partial charge in [-0.05, 0) is 26.2 Å². The molecule has 0 bridgehead atoms. The number of hydrogen-bond acceptors (Lipinski definition) is 4. The molecular weight excluding hydrogens is 260 g/mol. The first-order valence-corrected chi connectivity index (χ1v) is 6.62. The molecule has 2 rings (SSSR count). The third-order valence-corrected chi connectivity index (χ3v) is 3.52. The fourth-order valence-corrected chi connectivity index (χ4v) is 2.45. The first kappa shape index (κ1) is 14.3. The molecule has 0 aliphatic carbocycles. The molecule has 108 valence electrons. The summed E-state index contributed by atoms with van der Waals surface area (Å²) in [5, 5.41) is 0. The van der Waals surface area contributed by atoms with Gasteiger partial charge in [0.1, 0.15) is 11.6 Å². The van der Waals surface area contributed by atoms with Crippen LogP contribution in [0.1, 0.15) is 35.3 Å². The first-order chi connectivity index (χ1) is 9.54. The molecular formula is C14H18N2O4. The molecule has 0 saturated carbocycles. The van der Waals surface area contributed by atoms with Crippen LogP contribution in [0.25, 0.3) is 0 Å². The van der Waals surface area contributed by atoms with E-state index >= 15 is 0 Å². The van der Waals surface area contributed by atoms with Gasteiger partial charge >= 0.3 is 5.97 Å². The van der Waals surface area contributed by atoms with Crippen molar-refractivity contribution >= 4 is 11.9 Å². The Morgan fingerprint density at radius 1 is 1.40 bits per heavy atom. The van der Waals surface area contributed by atoms with Gasteiger partial charge in [-0.3, -0.25) is 9.59 Å². The number of methoxy groups -OCH3 is 1. The summed E-state index contributed by atoms with van der Waals surface area (Å²) in [5.41, 5.74) is 0.418. The number of piperidine rings is 1. The van der Waals surface area contributed by atoms with E-state index in [-0.39, 0.29) is 11.0 Å². The summed E-state index contributed by atoms with van der Waals surface area (Å²) < 4.78 is 4.74. The molecule has 2 heterocycles.